The third kappa shape index (κ3) is 5.77. The number of aromatic nitrogens is 2. The molecule has 2 heterocycles. The Labute approximate surface area is 165 Å². The lowest BCUT2D eigenvalue weighted by Crippen LogP contribution is -2.46. The second-order valence-corrected chi connectivity index (χ2v) is 6.98. The summed E-state index contributed by atoms with van der Waals surface area (Å²) >= 11 is 0. The lowest BCUT2D eigenvalue weighted by atomic mass is 10.0. The molecule has 148 valence electrons. The molecule has 3 rings (SSSR count). The molecule has 7 nitrogen and oxygen atoms in total. The number of ether oxygens (including phenoxy) is 1. The molecule has 1 aromatic heterocycles. The minimum Gasteiger partial charge on any atom is -0.494 e. The maximum Gasteiger partial charge on any atom is 0.271 e. The SMILES string of the molecule is Cc1ccc(OCCCC(=O)N2CCC(NC(=O)c3cnccn3)CC2)cc1. The number of carbonyl (C=O) groups is 2. The quantitative estimate of drug-likeness (QED) is 0.743. The van der Waals surface area contributed by atoms with Crippen molar-refractivity contribution in [3.63, 3.8) is 0 Å². The van der Waals surface area contributed by atoms with Crippen molar-refractivity contribution in [2.45, 2.75) is 38.6 Å². The topological polar surface area (TPSA) is 84.4 Å². The van der Waals surface area contributed by atoms with Gasteiger partial charge in [-0.25, -0.2) is 4.98 Å². The summed E-state index contributed by atoms with van der Waals surface area (Å²) < 4.78 is 5.67. The number of likely N-dealkylation sites (tertiary alicyclic amines) is 1. The first kappa shape index (κ1) is 19.8. The molecule has 2 aromatic rings. The van der Waals surface area contributed by atoms with Crippen LogP contribution in [0.1, 0.15) is 41.7 Å². The molecule has 0 radical (unpaired) electrons. The normalized spacial score (nSPS) is 14.5. The fraction of sp³-hybridized carbons (Fsp3) is 0.429. The zero-order valence-corrected chi connectivity index (χ0v) is 16.1. The maximum absolute atomic E-state index is 12.4. The Morgan fingerprint density at radius 3 is 2.61 bits per heavy atom. The highest BCUT2D eigenvalue weighted by Crippen LogP contribution is 2.14. The van der Waals surface area contributed by atoms with Crippen molar-refractivity contribution < 1.29 is 14.3 Å². The average Bonchev–Trinajstić information content (AvgIpc) is 2.73. The molecule has 1 aromatic carbocycles. The van der Waals surface area contributed by atoms with E-state index in [4.69, 9.17) is 4.74 Å². The molecule has 1 saturated heterocycles. The van der Waals surface area contributed by atoms with E-state index in [9.17, 15) is 9.59 Å². The van der Waals surface area contributed by atoms with Crippen molar-refractivity contribution in [3.05, 3.63) is 54.1 Å². The molecule has 0 unspecified atom stereocenters. The first-order valence-corrected chi connectivity index (χ1v) is 9.66. The molecule has 1 N–H and O–H groups in total. The summed E-state index contributed by atoms with van der Waals surface area (Å²) in [5, 5.41) is 2.97. The first-order chi connectivity index (χ1) is 13.6. The number of hydrogen-bond donors (Lipinski definition) is 1. The van der Waals surface area contributed by atoms with Gasteiger partial charge in [0.2, 0.25) is 5.91 Å². The molecule has 1 aliphatic rings. The van der Waals surface area contributed by atoms with E-state index >= 15 is 0 Å². The summed E-state index contributed by atoms with van der Waals surface area (Å²) in [6.07, 6.45) is 7.14. The number of aryl methyl sites for hydroxylation is 1. The summed E-state index contributed by atoms with van der Waals surface area (Å²) in [5.74, 6) is 0.759. The van der Waals surface area contributed by atoms with Crippen LogP contribution in [0.25, 0.3) is 0 Å². The van der Waals surface area contributed by atoms with Gasteiger partial charge in [-0.15, -0.1) is 0 Å². The maximum atomic E-state index is 12.4. The van der Waals surface area contributed by atoms with Gasteiger partial charge in [0.05, 0.1) is 12.8 Å². The van der Waals surface area contributed by atoms with Crippen LogP contribution in [0.2, 0.25) is 0 Å². The summed E-state index contributed by atoms with van der Waals surface area (Å²) in [4.78, 5) is 34.3. The number of nitrogens with one attached hydrogen (secondary N) is 1. The molecular formula is C21H26N4O3. The Morgan fingerprint density at radius 1 is 1.18 bits per heavy atom. The Hall–Kier alpha value is -2.96. The monoisotopic (exact) mass is 382 g/mol. The van der Waals surface area contributed by atoms with E-state index in [-0.39, 0.29) is 17.9 Å². The van der Waals surface area contributed by atoms with Gasteiger partial charge in [-0.1, -0.05) is 17.7 Å². The predicted molar refractivity (Wildman–Crippen MR) is 105 cm³/mol. The van der Waals surface area contributed by atoms with Crippen molar-refractivity contribution in [2.75, 3.05) is 19.7 Å². The van der Waals surface area contributed by atoms with Crippen LogP contribution >= 0.6 is 0 Å². The van der Waals surface area contributed by atoms with E-state index in [0.29, 0.717) is 38.2 Å². The number of piperidine rings is 1. The zero-order valence-electron chi connectivity index (χ0n) is 16.1. The summed E-state index contributed by atoms with van der Waals surface area (Å²) in [6.45, 7) is 3.87. The van der Waals surface area contributed by atoms with Crippen molar-refractivity contribution in [3.8, 4) is 5.75 Å². The van der Waals surface area contributed by atoms with Gasteiger partial charge in [0, 0.05) is 37.9 Å². The van der Waals surface area contributed by atoms with Crippen molar-refractivity contribution in [2.24, 2.45) is 0 Å². The Morgan fingerprint density at radius 2 is 1.93 bits per heavy atom. The predicted octanol–water partition coefficient (Wildman–Crippen LogP) is 2.37. The fourth-order valence-corrected chi connectivity index (χ4v) is 3.15. The molecule has 2 amide bonds. The second-order valence-electron chi connectivity index (χ2n) is 6.98. The third-order valence-electron chi connectivity index (χ3n) is 4.80. The highest BCUT2D eigenvalue weighted by atomic mass is 16.5. The van der Waals surface area contributed by atoms with E-state index in [1.165, 1.54) is 24.2 Å². The lowest BCUT2D eigenvalue weighted by molar-refractivity contribution is -0.132. The molecule has 0 saturated carbocycles. The Bertz CT molecular complexity index is 772. The standard InChI is InChI=1S/C21H26N4O3/c1-16-4-6-18(7-5-16)28-14-2-3-20(26)25-12-8-17(9-13-25)24-21(27)19-15-22-10-11-23-19/h4-7,10-11,15,17H,2-3,8-9,12-14H2,1H3,(H,24,27). The molecule has 0 aliphatic carbocycles. The second kappa shape index (κ2) is 9.82. The van der Waals surface area contributed by atoms with Crippen LogP contribution in [-0.4, -0.2) is 52.4 Å². The van der Waals surface area contributed by atoms with Gasteiger partial charge in [0.25, 0.3) is 5.91 Å². The number of rotatable bonds is 7. The minimum absolute atomic E-state index is 0.0587. The Kier molecular flexibility index (Phi) is 6.94. The highest BCUT2D eigenvalue weighted by Gasteiger charge is 2.24. The molecule has 1 aliphatic heterocycles. The van der Waals surface area contributed by atoms with Crippen molar-refractivity contribution >= 4 is 11.8 Å². The van der Waals surface area contributed by atoms with Crippen LogP contribution in [0.4, 0.5) is 0 Å². The lowest BCUT2D eigenvalue weighted by Gasteiger charge is -2.32. The molecule has 0 bridgehead atoms. The zero-order chi connectivity index (χ0) is 19.8. The minimum atomic E-state index is -0.217. The van der Waals surface area contributed by atoms with Gasteiger partial charge in [0.1, 0.15) is 11.4 Å². The van der Waals surface area contributed by atoms with Crippen LogP contribution in [-0.2, 0) is 4.79 Å². The van der Waals surface area contributed by atoms with Gasteiger partial charge < -0.3 is 15.0 Å². The van der Waals surface area contributed by atoms with Crippen molar-refractivity contribution in [1.82, 2.24) is 20.2 Å². The number of hydrogen-bond acceptors (Lipinski definition) is 5. The van der Waals surface area contributed by atoms with Gasteiger partial charge in [0.15, 0.2) is 0 Å². The highest BCUT2D eigenvalue weighted by molar-refractivity contribution is 5.92. The first-order valence-electron chi connectivity index (χ1n) is 9.66. The van der Waals surface area contributed by atoms with E-state index in [1.54, 1.807) is 0 Å². The van der Waals surface area contributed by atoms with Crippen LogP contribution in [0.3, 0.4) is 0 Å². The molecule has 0 spiro atoms. The molecule has 0 atom stereocenters. The van der Waals surface area contributed by atoms with Gasteiger partial charge in [-0.3, -0.25) is 14.6 Å². The largest absolute Gasteiger partial charge is 0.494 e. The summed E-state index contributed by atoms with van der Waals surface area (Å²) in [6, 6.07) is 7.96. The molecule has 1 fully saturated rings. The average molecular weight is 382 g/mol. The summed E-state index contributed by atoms with van der Waals surface area (Å²) in [5.41, 5.74) is 1.51. The number of amides is 2. The molecule has 28 heavy (non-hydrogen) atoms. The van der Waals surface area contributed by atoms with E-state index < -0.39 is 0 Å². The van der Waals surface area contributed by atoms with Crippen LogP contribution in [0, 0.1) is 6.92 Å². The number of nitrogens with zero attached hydrogens (tertiary/aromatic N) is 3. The smallest absolute Gasteiger partial charge is 0.271 e. The number of carbonyl (C=O) groups excluding carboxylic acids is 2. The van der Waals surface area contributed by atoms with Gasteiger partial charge >= 0.3 is 0 Å². The van der Waals surface area contributed by atoms with Crippen LogP contribution < -0.4 is 10.1 Å². The van der Waals surface area contributed by atoms with Crippen LogP contribution in [0.5, 0.6) is 5.75 Å². The number of benzene rings is 1. The fourth-order valence-electron chi connectivity index (χ4n) is 3.15. The van der Waals surface area contributed by atoms with Crippen LogP contribution in [0.15, 0.2) is 42.9 Å². The molecule has 7 heteroatoms. The van der Waals surface area contributed by atoms with E-state index in [2.05, 4.69) is 15.3 Å². The van der Waals surface area contributed by atoms with Crippen molar-refractivity contribution in [1.29, 1.82) is 0 Å². The van der Waals surface area contributed by atoms with Gasteiger partial charge in [-0.05, 0) is 38.3 Å². The van der Waals surface area contributed by atoms with E-state index in [1.807, 2.05) is 36.1 Å². The molecular weight excluding hydrogens is 356 g/mol. The van der Waals surface area contributed by atoms with Gasteiger partial charge in [-0.2, -0.15) is 0 Å². The third-order valence-corrected chi connectivity index (χ3v) is 4.80. The van der Waals surface area contributed by atoms with E-state index in [0.717, 1.165) is 18.6 Å². The summed E-state index contributed by atoms with van der Waals surface area (Å²) in [7, 11) is 0. The Balaban J connectivity index is 1.33.